The lowest BCUT2D eigenvalue weighted by atomic mass is 10.1. The fourth-order valence-electron chi connectivity index (χ4n) is 1.43. The van der Waals surface area contributed by atoms with Gasteiger partial charge in [-0.2, -0.15) is 0 Å². The summed E-state index contributed by atoms with van der Waals surface area (Å²) in [5.41, 5.74) is -0.0620. The number of benzene rings is 1. The first kappa shape index (κ1) is 16.7. The minimum Gasteiger partial charge on any atom is -0.311 e. The zero-order chi connectivity index (χ0) is 14.7. The van der Waals surface area contributed by atoms with Crippen LogP contribution in [0.2, 0.25) is 10.0 Å². The van der Waals surface area contributed by atoms with E-state index in [2.05, 4.69) is 10.0 Å². The van der Waals surface area contributed by atoms with Crippen LogP contribution in [0.5, 0.6) is 0 Å². The van der Waals surface area contributed by atoms with Crippen molar-refractivity contribution in [1.29, 1.82) is 0 Å². The Bertz CT molecular complexity index is 519. The largest absolute Gasteiger partial charge is 0.311 e. The van der Waals surface area contributed by atoms with Gasteiger partial charge >= 0.3 is 0 Å². The van der Waals surface area contributed by atoms with Crippen molar-refractivity contribution < 1.29 is 8.42 Å². The molecule has 108 valence electrons. The minimum atomic E-state index is -3.69. The molecule has 19 heavy (non-hydrogen) atoms. The van der Waals surface area contributed by atoms with Crippen molar-refractivity contribution in [2.75, 3.05) is 13.1 Å². The van der Waals surface area contributed by atoms with E-state index in [1.54, 1.807) is 6.07 Å². The van der Waals surface area contributed by atoms with Crippen LogP contribution in [-0.2, 0) is 10.0 Å². The van der Waals surface area contributed by atoms with Crippen LogP contribution in [-0.4, -0.2) is 27.0 Å². The van der Waals surface area contributed by atoms with Crippen molar-refractivity contribution in [3.8, 4) is 0 Å². The van der Waals surface area contributed by atoms with Gasteiger partial charge in [-0.15, -0.1) is 0 Å². The molecule has 0 unspecified atom stereocenters. The summed E-state index contributed by atoms with van der Waals surface area (Å²) >= 11 is 11.8. The molecule has 0 heterocycles. The molecule has 0 fully saturated rings. The highest BCUT2D eigenvalue weighted by Crippen LogP contribution is 2.28. The third kappa shape index (κ3) is 5.28. The van der Waals surface area contributed by atoms with E-state index in [1.165, 1.54) is 12.1 Å². The maximum absolute atomic E-state index is 12.1. The third-order valence-corrected chi connectivity index (χ3v) is 4.68. The van der Waals surface area contributed by atoms with E-state index in [1.807, 2.05) is 20.8 Å². The van der Waals surface area contributed by atoms with Crippen LogP contribution in [0.3, 0.4) is 0 Å². The Balaban J connectivity index is 2.72. The Kier molecular flexibility index (Phi) is 5.65. The summed E-state index contributed by atoms with van der Waals surface area (Å²) < 4.78 is 26.7. The average Bonchev–Trinajstić information content (AvgIpc) is 2.22. The van der Waals surface area contributed by atoms with Gasteiger partial charge in [-0.1, -0.05) is 29.3 Å². The standard InChI is InChI=1S/C12H18Cl2N2O2S/c1-12(2,3)15-7-8-16-19(17,18)11-9(13)5-4-6-10(11)14/h4-6,15-16H,7-8H2,1-3H3. The van der Waals surface area contributed by atoms with Gasteiger partial charge in [0.05, 0.1) is 10.0 Å². The van der Waals surface area contributed by atoms with Crippen LogP contribution in [0.25, 0.3) is 0 Å². The molecule has 7 heteroatoms. The van der Waals surface area contributed by atoms with Gasteiger partial charge in [-0.3, -0.25) is 0 Å². The monoisotopic (exact) mass is 324 g/mol. The number of halogens is 2. The molecule has 0 bridgehead atoms. The molecule has 0 aliphatic rings. The molecule has 0 aromatic heterocycles. The van der Waals surface area contributed by atoms with Gasteiger partial charge in [0.2, 0.25) is 10.0 Å². The molecule has 0 saturated heterocycles. The molecule has 0 amide bonds. The minimum absolute atomic E-state index is 0.0620. The Labute approximate surface area is 124 Å². The third-order valence-electron chi connectivity index (χ3n) is 2.26. The van der Waals surface area contributed by atoms with Crippen LogP contribution in [0.1, 0.15) is 20.8 Å². The van der Waals surface area contributed by atoms with E-state index >= 15 is 0 Å². The van der Waals surface area contributed by atoms with Crippen molar-refractivity contribution in [3.05, 3.63) is 28.2 Å². The SMILES string of the molecule is CC(C)(C)NCCNS(=O)(=O)c1c(Cl)cccc1Cl. The van der Waals surface area contributed by atoms with Gasteiger partial charge in [-0.05, 0) is 32.9 Å². The Morgan fingerprint density at radius 1 is 1.11 bits per heavy atom. The summed E-state index contributed by atoms with van der Waals surface area (Å²) in [5, 5.41) is 3.41. The number of hydrogen-bond donors (Lipinski definition) is 2. The van der Waals surface area contributed by atoms with E-state index in [-0.39, 0.29) is 27.0 Å². The smallest absolute Gasteiger partial charge is 0.243 e. The molecular weight excluding hydrogens is 307 g/mol. The lowest BCUT2D eigenvalue weighted by Gasteiger charge is -2.20. The highest BCUT2D eigenvalue weighted by molar-refractivity contribution is 7.89. The van der Waals surface area contributed by atoms with E-state index < -0.39 is 10.0 Å². The highest BCUT2D eigenvalue weighted by atomic mass is 35.5. The van der Waals surface area contributed by atoms with Crippen LogP contribution >= 0.6 is 23.2 Å². The van der Waals surface area contributed by atoms with Gasteiger partial charge in [0.1, 0.15) is 4.90 Å². The summed E-state index contributed by atoms with van der Waals surface area (Å²) in [6.45, 7) is 6.80. The summed E-state index contributed by atoms with van der Waals surface area (Å²) in [4.78, 5) is -0.0749. The Hall–Kier alpha value is -0.330. The second-order valence-electron chi connectivity index (χ2n) is 5.13. The Morgan fingerprint density at radius 2 is 1.63 bits per heavy atom. The van der Waals surface area contributed by atoms with Crippen molar-refractivity contribution in [1.82, 2.24) is 10.0 Å². The summed E-state index contributed by atoms with van der Waals surface area (Å²) in [7, 11) is -3.69. The highest BCUT2D eigenvalue weighted by Gasteiger charge is 2.21. The summed E-state index contributed by atoms with van der Waals surface area (Å²) in [6, 6.07) is 4.59. The van der Waals surface area contributed by atoms with E-state index in [9.17, 15) is 8.42 Å². The molecule has 1 aromatic rings. The molecule has 2 N–H and O–H groups in total. The van der Waals surface area contributed by atoms with Crippen LogP contribution in [0.4, 0.5) is 0 Å². The van der Waals surface area contributed by atoms with Gasteiger partial charge in [0, 0.05) is 18.6 Å². The number of rotatable bonds is 5. The molecule has 4 nitrogen and oxygen atoms in total. The van der Waals surface area contributed by atoms with E-state index in [0.29, 0.717) is 6.54 Å². The average molecular weight is 325 g/mol. The molecule has 0 aliphatic carbocycles. The fourth-order valence-corrected chi connectivity index (χ4v) is 3.61. The molecule has 0 saturated carbocycles. The molecule has 1 aromatic carbocycles. The van der Waals surface area contributed by atoms with Crippen LogP contribution in [0.15, 0.2) is 23.1 Å². The van der Waals surface area contributed by atoms with Gasteiger partial charge in [0.25, 0.3) is 0 Å². The lowest BCUT2D eigenvalue weighted by Crippen LogP contribution is -2.41. The van der Waals surface area contributed by atoms with Crippen molar-refractivity contribution in [2.24, 2.45) is 0 Å². The second kappa shape index (κ2) is 6.41. The molecule has 1 rings (SSSR count). The summed E-state index contributed by atoms with van der Waals surface area (Å²) in [6.07, 6.45) is 0. The Morgan fingerprint density at radius 3 is 2.11 bits per heavy atom. The van der Waals surface area contributed by atoms with E-state index in [4.69, 9.17) is 23.2 Å². The number of hydrogen-bond acceptors (Lipinski definition) is 3. The predicted octanol–water partition coefficient (Wildman–Crippen LogP) is 2.66. The number of sulfonamides is 1. The topological polar surface area (TPSA) is 58.2 Å². The normalized spacial score (nSPS) is 12.7. The van der Waals surface area contributed by atoms with Crippen LogP contribution < -0.4 is 10.0 Å². The van der Waals surface area contributed by atoms with Gasteiger partial charge in [0.15, 0.2) is 0 Å². The van der Waals surface area contributed by atoms with Crippen molar-refractivity contribution in [2.45, 2.75) is 31.2 Å². The van der Waals surface area contributed by atoms with E-state index in [0.717, 1.165) is 0 Å². The first-order valence-corrected chi connectivity index (χ1v) is 8.06. The zero-order valence-electron chi connectivity index (χ0n) is 11.1. The molecule has 0 aliphatic heterocycles. The molecule has 0 radical (unpaired) electrons. The first-order valence-electron chi connectivity index (χ1n) is 5.82. The van der Waals surface area contributed by atoms with Gasteiger partial charge < -0.3 is 5.32 Å². The summed E-state index contributed by atoms with van der Waals surface area (Å²) in [5.74, 6) is 0. The molecule has 0 atom stereocenters. The lowest BCUT2D eigenvalue weighted by molar-refractivity contribution is 0.428. The molecular formula is C12H18Cl2N2O2S. The zero-order valence-corrected chi connectivity index (χ0v) is 13.5. The number of nitrogens with one attached hydrogen (secondary N) is 2. The van der Waals surface area contributed by atoms with Crippen molar-refractivity contribution in [3.63, 3.8) is 0 Å². The quantitative estimate of drug-likeness (QED) is 0.818. The predicted molar refractivity (Wildman–Crippen MR) is 79.4 cm³/mol. The maximum Gasteiger partial charge on any atom is 0.243 e. The first-order chi connectivity index (χ1) is 8.63. The van der Waals surface area contributed by atoms with Crippen LogP contribution in [0, 0.1) is 0 Å². The second-order valence-corrected chi connectivity index (χ2v) is 7.64. The van der Waals surface area contributed by atoms with Gasteiger partial charge in [-0.25, -0.2) is 13.1 Å². The molecule has 0 spiro atoms. The fraction of sp³-hybridized carbons (Fsp3) is 0.500. The van der Waals surface area contributed by atoms with Crippen molar-refractivity contribution >= 4 is 33.2 Å². The maximum atomic E-state index is 12.1.